The summed E-state index contributed by atoms with van der Waals surface area (Å²) in [5, 5.41) is 9.73. The molecule has 1 aromatic carbocycles. The van der Waals surface area contributed by atoms with E-state index in [4.69, 9.17) is 21.4 Å². The van der Waals surface area contributed by atoms with Gasteiger partial charge >= 0.3 is 5.97 Å². The summed E-state index contributed by atoms with van der Waals surface area (Å²) in [5.74, 6) is 0.0297. The van der Waals surface area contributed by atoms with Crippen molar-refractivity contribution >= 4 is 17.6 Å². The van der Waals surface area contributed by atoms with Crippen LogP contribution in [0.3, 0.4) is 0 Å². The third-order valence-electron chi connectivity index (χ3n) is 3.46. The Bertz CT molecular complexity index is 510. The van der Waals surface area contributed by atoms with Crippen molar-refractivity contribution in [1.82, 2.24) is 4.90 Å². The monoisotopic (exact) mass is 297 g/mol. The molecule has 1 atom stereocenters. The van der Waals surface area contributed by atoms with Gasteiger partial charge in [0.15, 0.2) is 0 Å². The van der Waals surface area contributed by atoms with Crippen molar-refractivity contribution in [3.05, 3.63) is 28.8 Å². The molecule has 1 aromatic rings. The first-order valence-electron chi connectivity index (χ1n) is 6.67. The number of hydrogen-bond donors (Lipinski definition) is 1. The van der Waals surface area contributed by atoms with Crippen LogP contribution >= 0.6 is 11.6 Å². The van der Waals surface area contributed by atoms with E-state index in [1.165, 1.54) is 0 Å². The molecule has 0 aromatic heterocycles. The number of benzene rings is 1. The summed E-state index contributed by atoms with van der Waals surface area (Å²) in [6.45, 7) is 6.63. The summed E-state index contributed by atoms with van der Waals surface area (Å²) in [6, 6.07) is 5.59. The lowest BCUT2D eigenvalue weighted by molar-refractivity contribution is -0.140. The van der Waals surface area contributed by atoms with Crippen molar-refractivity contribution in [1.29, 1.82) is 0 Å². The smallest absolute Gasteiger partial charge is 0.317 e. The van der Waals surface area contributed by atoms with Gasteiger partial charge < -0.3 is 9.84 Å². The molecule has 0 saturated heterocycles. The van der Waals surface area contributed by atoms with E-state index >= 15 is 0 Å². The van der Waals surface area contributed by atoms with Crippen molar-refractivity contribution in [2.75, 3.05) is 13.1 Å². The first kappa shape index (κ1) is 15.1. The summed E-state index contributed by atoms with van der Waals surface area (Å²) < 4.78 is 5.88. The van der Waals surface area contributed by atoms with E-state index in [2.05, 4.69) is 0 Å². The molecule has 0 amide bonds. The summed E-state index contributed by atoms with van der Waals surface area (Å²) in [4.78, 5) is 12.9. The van der Waals surface area contributed by atoms with Crippen LogP contribution in [-0.4, -0.2) is 40.7 Å². The van der Waals surface area contributed by atoms with Crippen molar-refractivity contribution in [2.24, 2.45) is 0 Å². The second-order valence-electron chi connectivity index (χ2n) is 6.14. The van der Waals surface area contributed by atoms with Crippen LogP contribution in [0, 0.1) is 0 Å². The Morgan fingerprint density at radius 1 is 1.50 bits per heavy atom. The summed E-state index contributed by atoms with van der Waals surface area (Å²) >= 11 is 5.97. The van der Waals surface area contributed by atoms with Gasteiger partial charge in [0.25, 0.3) is 0 Å². The Morgan fingerprint density at radius 3 is 2.80 bits per heavy atom. The Balaban J connectivity index is 2.05. The van der Waals surface area contributed by atoms with Crippen LogP contribution in [-0.2, 0) is 11.2 Å². The fourth-order valence-corrected chi connectivity index (χ4v) is 2.57. The van der Waals surface area contributed by atoms with Gasteiger partial charge in [-0.05, 0) is 44.5 Å². The second kappa shape index (κ2) is 5.62. The van der Waals surface area contributed by atoms with E-state index in [1.54, 1.807) is 0 Å². The molecule has 0 radical (unpaired) electrons. The van der Waals surface area contributed by atoms with E-state index in [0.717, 1.165) is 17.7 Å². The van der Waals surface area contributed by atoms with Crippen LogP contribution in [0.25, 0.3) is 0 Å². The summed E-state index contributed by atoms with van der Waals surface area (Å²) in [6.07, 6.45) is 0.740. The number of carboxylic acid groups (broad SMARTS) is 1. The highest BCUT2D eigenvalue weighted by Crippen LogP contribution is 2.32. The fraction of sp³-hybridized carbons (Fsp3) is 0.533. The number of halogens is 1. The Kier molecular flexibility index (Phi) is 4.25. The first-order valence-corrected chi connectivity index (χ1v) is 7.05. The summed E-state index contributed by atoms with van der Waals surface area (Å²) in [7, 11) is 0. The zero-order valence-corrected chi connectivity index (χ0v) is 12.8. The molecule has 5 heteroatoms. The standard InChI is InChI=1S/C15H20ClNO3/c1-15(2,3)17(9-14(18)19)8-12-7-10-6-11(16)4-5-13(10)20-12/h4-6,12H,7-9H2,1-3H3,(H,18,19). The van der Waals surface area contributed by atoms with Gasteiger partial charge in [-0.25, -0.2) is 0 Å². The second-order valence-corrected chi connectivity index (χ2v) is 6.58. The normalized spacial score (nSPS) is 17.9. The van der Waals surface area contributed by atoms with E-state index in [1.807, 2.05) is 43.9 Å². The molecule has 1 aliphatic rings. The minimum Gasteiger partial charge on any atom is -0.488 e. The zero-order chi connectivity index (χ0) is 14.9. The van der Waals surface area contributed by atoms with Gasteiger partial charge in [-0.2, -0.15) is 0 Å². The van der Waals surface area contributed by atoms with Crippen molar-refractivity contribution < 1.29 is 14.6 Å². The Labute approximate surface area is 124 Å². The lowest BCUT2D eigenvalue weighted by atomic mass is 10.0. The van der Waals surface area contributed by atoms with Crippen LogP contribution in [0.15, 0.2) is 18.2 Å². The molecule has 1 unspecified atom stereocenters. The SMILES string of the molecule is CC(C)(C)N(CC(=O)O)CC1Cc2cc(Cl)ccc2O1. The maximum absolute atomic E-state index is 11.0. The van der Waals surface area contributed by atoms with Crippen molar-refractivity contribution in [2.45, 2.75) is 38.8 Å². The number of carboxylic acids is 1. The molecule has 0 spiro atoms. The van der Waals surface area contributed by atoms with E-state index in [-0.39, 0.29) is 18.2 Å². The maximum Gasteiger partial charge on any atom is 0.317 e. The average Bonchev–Trinajstić information content (AvgIpc) is 2.67. The molecule has 4 nitrogen and oxygen atoms in total. The molecular formula is C15H20ClNO3. The summed E-state index contributed by atoms with van der Waals surface area (Å²) in [5.41, 5.74) is 0.875. The predicted octanol–water partition coefficient (Wildman–Crippen LogP) is 2.83. The highest BCUT2D eigenvalue weighted by atomic mass is 35.5. The quantitative estimate of drug-likeness (QED) is 0.928. The van der Waals surface area contributed by atoms with Gasteiger partial charge in [-0.1, -0.05) is 11.6 Å². The molecule has 0 aliphatic carbocycles. The van der Waals surface area contributed by atoms with E-state index in [0.29, 0.717) is 11.6 Å². The molecule has 0 saturated carbocycles. The van der Waals surface area contributed by atoms with E-state index in [9.17, 15) is 4.79 Å². The van der Waals surface area contributed by atoms with Crippen molar-refractivity contribution in [3.63, 3.8) is 0 Å². The van der Waals surface area contributed by atoms with Gasteiger partial charge in [-0.3, -0.25) is 9.69 Å². The number of carbonyl (C=O) groups is 1. The number of rotatable bonds is 4. The Hall–Kier alpha value is -1.26. The van der Waals surface area contributed by atoms with Gasteiger partial charge in [0, 0.05) is 23.5 Å². The van der Waals surface area contributed by atoms with Crippen LogP contribution in [0.5, 0.6) is 5.75 Å². The zero-order valence-electron chi connectivity index (χ0n) is 12.0. The topological polar surface area (TPSA) is 49.8 Å². The lowest BCUT2D eigenvalue weighted by Crippen LogP contribution is -2.48. The van der Waals surface area contributed by atoms with Gasteiger partial charge in [0.1, 0.15) is 11.9 Å². The molecule has 110 valence electrons. The number of nitrogens with zero attached hydrogens (tertiary/aromatic N) is 1. The third kappa shape index (κ3) is 3.64. The first-order chi connectivity index (χ1) is 9.25. The molecule has 0 bridgehead atoms. The minimum atomic E-state index is -0.821. The van der Waals surface area contributed by atoms with Gasteiger partial charge in [-0.15, -0.1) is 0 Å². The largest absolute Gasteiger partial charge is 0.488 e. The van der Waals surface area contributed by atoms with Gasteiger partial charge in [0.2, 0.25) is 0 Å². The molecule has 2 rings (SSSR count). The molecule has 1 aliphatic heterocycles. The number of aliphatic carboxylic acids is 1. The van der Waals surface area contributed by atoms with Gasteiger partial charge in [0.05, 0.1) is 6.54 Å². The van der Waals surface area contributed by atoms with Crippen LogP contribution in [0.2, 0.25) is 5.02 Å². The minimum absolute atomic E-state index is 0.0143. The van der Waals surface area contributed by atoms with Crippen LogP contribution < -0.4 is 4.74 Å². The number of ether oxygens (including phenoxy) is 1. The number of fused-ring (bicyclic) bond motifs is 1. The van der Waals surface area contributed by atoms with Crippen molar-refractivity contribution in [3.8, 4) is 5.75 Å². The lowest BCUT2D eigenvalue weighted by Gasteiger charge is -2.35. The van der Waals surface area contributed by atoms with Crippen LogP contribution in [0.1, 0.15) is 26.3 Å². The highest BCUT2D eigenvalue weighted by Gasteiger charge is 2.30. The molecule has 1 N–H and O–H groups in total. The maximum atomic E-state index is 11.0. The fourth-order valence-electron chi connectivity index (χ4n) is 2.38. The average molecular weight is 298 g/mol. The van der Waals surface area contributed by atoms with E-state index < -0.39 is 5.97 Å². The van der Waals surface area contributed by atoms with Crippen LogP contribution in [0.4, 0.5) is 0 Å². The third-order valence-corrected chi connectivity index (χ3v) is 3.70. The molecule has 1 heterocycles. The molecule has 20 heavy (non-hydrogen) atoms. The molecular weight excluding hydrogens is 278 g/mol. The number of hydrogen-bond acceptors (Lipinski definition) is 3. The molecule has 0 fully saturated rings. The highest BCUT2D eigenvalue weighted by molar-refractivity contribution is 6.30. The predicted molar refractivity (Wildman–Crippen MR) is 78.5 cm³/mol. The Morgan fingerprint density at radius 2 is 2.20 bits per heavy atom.